The average molecular weight is 206 g/mol. The SMILES string of the molecule is COc1ccc2nc(C(C)(C)O)[nH]c2c1. The second kappa shape index (κ2) is 3.24. The quantitative estimate of drug-likeness (QED) is 0.787. The topological polar surface area (TPSA) is 58.1 Å². The first kappa shape index (κ1) is 9.98. The highest BCUT2D eigenvalue weighted by atomic mass is 16.5. The number of benzene rings is 1. The van der Waals surface area contributed by atoms with E-state index in [0.29, 0.717) is 5.82 Å². The van der Waals surface area contributed by atoms with Crippen LogP contribution in [0.1, 0.15) is 19.7 Å². The number of ether oxygens (including phenoxy) is 1. The molecule has 0 aliphatic carbocycles. The number of H-pyrrole nitrogens is 1. The van der Waals surface area contributed by atoms with Crippen LogP contribution in [-0.4, -0.2) is 22.2 Å². The summed E-state index contributed by atoms with van der Waals surface area (Å²) >= 11 is 0. The van der Waals surface area contributed by atoms with Crippen molar-refractivity contribution in [3.63, 3.8) is 0 Å². The first-order valence-corrected chi connectivity index (χ1v) is 4.77. The van der Waals surface area contributed by atoms with Gasteiger partial charge in [-0.3, -0.25) is 0 Å². The molecule has 0 bridgehead atoms. The van der Waals surface area contributed by atoms with Crippen LogP contribution in [0.5, 0.6) is 5.75 Å². The molecule has 1 aromatic carbocycles. The lowest BCUT2D eigenvalue weighted by Gasteiger charge is -2.12. The van der Waals surface area contributed by atoms with Crippen molar-refractivity contribution in [2.75, 3.05) is 7.11 Å². The Hall–Kier alpha value is -1.55. The van der Waals surface area contributed by atoms with Gasteiger partial charge in [-0.25, -0.2) is 4.98 Å². The predicted octanol–water partition coefficient (Wildman–Crippen LogP) is 1.80. The van der Waals surface area contributed by atoms with Crippen LogP contribution in [0, 0.1) is 0 Å². The first-order chi connectivity index (χ1) is 7.00. The van der Waals surface area contributed by atoms with Crippen LogP contribution in [0.15, 0.2) is 18.2 Å². The van der Waals surface area contributed by atoms with Gasteiger partial charge in [-0.1, -0.05) is 0 Å². The van der Waals surface area contributed by atoms with Crippen LogP contribution in [-0.2, 0) is 5.60 Å². The lowest BCUT2D eigenvalue weighted by Crippen LogP contribution is -2.17. The van der Waals surface area contributed by atoms with Gasteiger partial charge in [0.15, 0.2) is 0 Å². The standard InChI is InChI=1S/C11H14N2O2/c1-11(2,14)10-12-8-5-4-7(15-3)6-9(8)13-10/h4-6,14H,1-3H3,(H,12,13). The zero-order valence-electron chi connectivity index (χ0n) is 9.03. The molecule has 4 heteroatoms. The minimum absolute atomic E-state index is 0.561. The smallest absolute Gasteiger partial charge is 0.138 e. The summed E-state index contributed by atoms with van der Waals surface area (Å²) in [5, 5.41) is 9.79. The molecule has 4 nitrogen and oxygen atoms in total. The Morgan fingerprint density at radius 1 is 1.40 bits per heavy atom. The number of fused-ring (bicyclic) bond motifs is 1. The van der Waals surface area contributed by atoms with Gasteiger partial charge in [0.25, 0.3) is 0 Å². The fourth-order valence-electron chi connectivity index (χ4n) is 1.41. The van der Waals surface area contributed by atoms with Gasteiger partial charge >= 0.3 is 0 Å². The molecule has 0 saturated carbocycles. The zero-order chi connectivity index (χ0) is 11.1. The second-order valence-electron chi connectivity index (χ2n) is 4.03. The Kier molecular flexibility index (Phi) is 2.16. The summed E-state index contributed by atoms with van der Waals surface area (Å²) in [6.07, 6.45) is 0. The van der Waals surface area contributed by atoms with Crippen molar-refractivity contribution >= 4 is 11.0 Å². The number of aliphatic hydroxyl groups is 1. The summed E-state index contributed by atoms with van der Waals surface area (Å²) in [7, 11) is 1.62. The van der Waals surface area contributed by atoms with Crippen molar-refractivity contribution in [1.29, 1.82) is 0 Å². The number of rotatable bonds is 2. The molecule has 0 spiro atoms. The maximum absolute atomic E-state index is 9.79. The maximum Gasteiger partial charge on any atom is 0.138 e. The Morgan fingerprint density at radius 2 is 2.13 bits per heavy atom. The molecule has 0 saturated heterocycles. The van der Waals surface area contributed by atoms with E-state index in [1.54, 1.807) is 21.0 Å². The highest BCUT2D eigenvalue weighted by Crippen LogP contribution is 2.23. The summed E-state index contributed by atoms with van der Waals surface area (Å²) in [5.41, 5.74) is 0.742. The van der Waals surface area contributed by atoms with Crippen molar-refractivity contribution in [2.24, 2.45) is 0 Å². The number of nitrogens with one attached hydrogen (secondary N) is 1. The molecular weight excluding hydrogens is 192 g/mol. The van der Waals surface area contributed by atoms with Gasteiger partial charge in [-0.15, -0.1) is 0 Å². The molecule has 0 radical (unpaired) electrons. The maximum atomic E-state index is 9.79. The highest BCUT2D eigenvalue weighted by molar-refractivity contribution is 5.76. The third-order valence-corrected chi connectivity index (χ3v) is 2.27. The molecule has 80 valence electrons. The molecule has 1 aromatic heterocycles. The molecule has 0 unspecified atom stereocenters. The lowest BCUT2D eigenvalue weighted by atomic mass is 10.1. The normalized spacial score (nSPS) is 12.0. The van der Waals surface area contributed by atoms with E-state index >= 15 is 0 Å². The number of nitrogens with zero attached hydrogens (tertiary/aromatic N) is 1. The van der Waals surface area contributed by atoms with E-state index < -0.39 is 5.60 Å². The summed E-state index contributed by atoms with van der Waals surface area (Å²) in [5.74, 6) is 1.33. The molecule has 0 fully saturated rings. The molecule has 1 heterocycles. The third kappa shape index (κ3) is 1.80. The molecule has 2 N–H and O–H groups in total. The summed E-state index contributed by atoms with van der Waals surface area (Å²) < 4.78 is 5.11. The van der Waals surface area contributed by atoms with Crippen LogP contribution in [0.3, 0.4) is 0 Å². The predicted molar refractivity (Wildman–Crippen MR) is 57.9 cm³/mol. The second-order valence-corrected chi connectivity index (χ2v) is 4.03. The fraction of sp³-hybridized carbons (Fsp3) is 0.364. The van der Waals surface area contributed by atoms with Gasteiger partial charge in [0, 0.05) is 6.07 Å². The third-order valence-electron chi connectivity index (χ3n) is 2.27. The lowest BCUT2D eigenvalue weighted by molar-refractivity contribution is 0.0700. The molecule has 0 aliphatic rings. The molecule has 0 amide bonds. The molecule has 0 atom stereocenters. The molecule has 0 aliphatic heterocycles. The zero-order valence-corrected chi connectivity index (χ0v) is 9.03. The van der Waals surface area contributed by atoms with E-state index in [9.17, 15) is 5.11 Å². The van der Waals surface area contributed by atoms with Crippen LogP contribution in [0.25, 0.3) is 11.0 Å². The molecule has 2 rings (SSSR count). The first-order valence-electron chi connectivity index (χ1n) is 4.77. The van der Waals surface area contributed by atoms with Gasteiger partial charge in [0.2, 0.25) is 0 Å². The van der Waals surface area contributed by atoms with E-state index in [1.165, 1.54) is 0 Å². The van der Waals surface area contributed by atoms with Crippen molar-refractivity contribution in [1.82, 2.24) is 9.97 Å². The van der Waals surface area contributed by atoms with E-state index in [4.69, 9.17) is 4.74 Å². The van der Waals surface area contributed by atoms with Gasteiger partial charge < -0.3 is 14.8 Å². The minimum atomic E-state index is -0.952. The van der Waals surface area contributed by atoms with E-state index in [2.05, 4.69) is 9.97 Å². The summed E-state index contributed by atoms with van der Waals surface area (Å²) in [6.45, 7) is 3.39. The average Bonchev–Trinajstić information content (AvgIpc) is 2.59. The van der Waals surface area contributed by atoms with E-state index in [-0.39, 0.29) is 0 Å². The van der Waals surface area contributed by atoms with Crippen molar-refractivity contribution < 1.29 is 9.84 Å². The Balaban J connectivity index is 2.56. The van der Waals surface area contributed by atoms with Gasteiger partial charge in [-0.05, 0) is 26.0 Å². The van der Waals surface area contributed by atoms with Crippen LogP contribution in [0.2, 0.25) is 0 Å². The fourth-order valence-corrected chi connectivity index (χ4v) is 1.41. The van der Waals surface area contributed by atoms with Crippen LogP contribution in [0.4, 0.5) is 0 Å². The molecule has 15 heavy (non-hydrogen) atoms. The number of hydrogen-bond donors (Lipinski definition) is 2. The van der Waals surface area contributed by atoms with Crippen LogP contribution >= 0.6 is 0 Å². The number of aromatic nitrogens is 2. The number of aromatic amines is 1. The summed E-state index contributed by atoms with van der Waals surface area (Å²) in [6, 6.07) is 5.56. The van der Waals surface area contributed by atoms with E-state index in [1.807, 2.05) is 18.2 Å². The highest BCUT2D eigenvalue weighted by Gasteiger charge is 2.20. The van der Waals surface area contributed by atoms with Gasteiger partial charge in [0.05, 0.1) is 18.1 Å². The monoisotopic (exact) mass is 206 g/mol. The van der Waals surface area contributed by atoms with Crippen molar-refractivity contribution in [3.8, 4) is 5.75 Å². The van der Waals surface area contributed by atoms with Crippen molar-refractivity contribution in [3.05, 3.63) is 24.0 Å². The van der Waals surface area contributed by atoms with Gasteiger partial charge in [-0.2, -0.15) is 0 Å². The van der Waals surface area contributed by atoms with E-state index in [0.717, 1.165) is 16.8 Å². The Labute approximate surface area is 87.9 Å². The van der Waals surface area contributed by atoms with Gasteiger partial charge in [0.1, 0.15) is 17.2 Å². The van der Waals surface area contributed by atoms with Crippen molar-refractivity contribution in [2.45, 2.75) is 19.4 Å². The largest absolute Gasteiger partial charge is 0.497 e. The minimum Gasteiger partial charge on any atom is -0.497 e. The Bertz CT molecular complexity index is 483. The number of imidazole rings is 1. The Morgan fingerprint density at radius 3 is 2.73 bits per heavy atom. The molecular formula is C11H14N2O2. The number of methoxy groups -OCH3 is 1. The molecule has 2 aromatic rings. The number of hydrogen-bond acceptors (Lipinski definition) is 3. The summed E-state index contributed by atoms with van der Waals surface area (Å²) in [4.78, 5) is 7.37. The van der Waals surface area contributed by atoms with Crippen LogP contribution < -0.4 is 4.74 Å².